The number of carbonyl (C=O) groups excluding carboxylic acids is 1. The Balaban J connectivity index is 1.88. The Labute approximate surface area is 112 Å². The summed E-state index contributed by atoms with van der Waals surface area (Å²) in [6.07, 6.45) is 7.30. The lowest BCUT2D eigenvalue weighted by molar-refractivity contribution is -0.122. The lowest BCUT2D eigenvalue weighted by Crippen LogP contribution is -2.21. The van der Waals surface area contributed by atoms with Gasteiger partial charge in [-0.2, -0.15) is 0 Å². The van der Waals surface area contributed by atoms with Crippen LogP contribution < -0.4 is 11.1 Å². The van der Waals surface area contributed by atoms with Crippen LogP contribution in [-0.4, -0.2) is 35.6 Å². The van der Waals surface area contributed by atoms with E-state index in [9.17, 15) is 4.79 Å². The Kier molecular flexibility index (Phi) is 5.09. The van der Waals surface area contributed by atoms with E-state index >= 15 is 0 Å². The zero-order valence-electron chi connectivity index (χ0n) is 11.0. The van der Waals surface area contributed by atoms with Crippen LogP contribution in [0.25, 0.3) is 0 Å². The Morgan fingerprint density at radius 2 is 2.16 bits per heavy atom. The summed E-state index contributed by atoms with van der Waals surface area (Å²) < 4.78 is 5.11. The number of primary amides is 1. The molecular weight excluding hydrogens is 244 g/mol. The van der Waals surface area contributed by atoms with Crippen LogP contribution in [0.4, 0.5) is 5.82 Å². The van der Waals surface area contributed by atoms with Gasteiger partial charge in [0.25, 0.3) is 0 Å². The molecule has 1 heterocycles. The first kappa shape index (κ1) is 13.7. The molecule has 6 nitrogen and oxygen atoms in total. The van der Waals surface area contributed by atoms with Crippen molar-refractivity contribution < 1.29 is 9.53 Å². The molecular formula is C13H20N4O2. The molecule has 0 saturated heterocycles. The Bertz CT molecular complexity index is 437. The number of anilines is 1. The van der Waals surface area contributed by atoms with E-state index in [1.54, 1.807) is 6.33 Å². The molecule has 19 heavy (non-hydrogen) atoms. The molecule has 0 fully saturated rings. The number of nitrogens with one attached hydrogen (secondary N) is 1. The summed E-state index contributed by atoms with van der Waals surface area (Å²) in [4.78, 5) is 19.2. The number of amides is 1. The van der Waals surface area contributed by atoms with Gasteiger partial charge in [0.15, 0.2) is 0 Å². The molecule has 0 bridgehead atoms. The zero-order chi connectivity index (χ0) is 13.5. The van der Waals surface area contributed by atoms with Crippen molar-refractivity contribution in [2.75, 3.05) is 25.1 Å². The summed E-state index contributed by atoms with van der Waals surface area (Å²) in [6.45, 7) is 1.00. The van der Waals surface area contributed by atoms with Gasteiger partial charge in [-0.3, -0.25) is 4.79 Å². The Morgan fingerprint density at radius 1 is 1.32 bits per heavy atom. The van der Waals surface area contributed by atoms with Crippen molar-refractivity contribution in [3.63, 3.8) is 0 Å². The summed E-state index contributed by atoms with van der Waals surface area (Å²) in [5.41, 5.74) is 7.38. The average Bonchev–Trinajstić information content (AvgIpc) is 2.63. The second kappa shape index (κ2) is 7.04. The first-order chi connectivity index (χ1) is 9.27. The SMILES string of the molecule is NC(=O)COCCNc1ncnc2c1CCCCC2. The second-order valence-corrected chi connectivity index (χ2v) is 4.65. The quantitative estimate of drug-likeness (QED) is 0.582. The van der Waals surface area contributed by atoms with Gasteiger partial charge < -0.3 is 15.8 Å². The van der Waals surface area contributed by atoms with Crippen LogP contribution >= 0.6 is 0 Å². The van der Waals surface area contributed by atoms with Crippen LogP contribution in [0.5, 0.6) is 0 Å². The Hall–Kier alpha value is -1.69. The van der Waals surface area contributed by atoms with E-state index in [0.29, 0.717) is 13.2 Å². The fourth-order valence-electron chi connectivity index (χ4n) is 2.26. The van der Waals surface area contributed by atoms with Crippen molar-refractivity contribution in [2.45, 2.75) is 32.1 Å². The molecule has 1 aromatic heterocycles. The topological polar surface area (TPSA) is 90.1 Å². The molecule has 1 aliphatic carbocycles. The van der Waals surface area contributed by atoms with Gasteiger partial charge in [0, 0.05) is 17.8 Å². The van der Waals surface area contributed by atoms with Crippen LogP contribution in [-0.2, 0) is 22.4 Å². The number of nitrogens with two attached hydrogens (primary N) is 1. The molecule has 0 aromatic carbocycles. The molecule has 2 rings (SSSR count). The highest BCUT2D eigenvalue weighted by molar-refractivity contribution is 5.74. The van der Waals surface area contributed by atoms with E-state index in [-0.39, 0.29) is 6.61 Å². The first-order valence-corrected chi connectivity index (χ1v) is 6.70. The van der Waals surface area contributed by atoms with Gasteiger partial charge >= 0.3 is 0 Å². The predicted molar refractivity (Wildman–Crippen MR) is 71.8 cm³/mol. The van der Waals surface area contributed by atoms with E-state index in [1.807, 2.05) is 0 Å². The number of hydrogen-bond donors (Lipinski definition) is 2. The number of hydrogen-bond acceptors (Lipinski definition) is 5. The van der Waals surface area contributed by atoms with Gasteiger partial charge in [-0.1, -0.05) is 6.42 Å². The monoisotopic (exact) mass is 264 g/mol. The van der Waals surface area contributed by atoms with E-state index < -0.39 is 5.91 Å². The van der Waals surface area contributed by atoms with Gasteiger partial charge in [0.2, 0.25) is 5.91 Å². The zero-order valence-corrected chi connectivity index (χ0v) is 11.0. The number of nitrogens with zero attached hydrogens (tertiary/aromatic N) is 2. The average molecular weight is 264 g/mol. The number of rotatable bonds is 6. The van der Waals surface area contributed by atoms with Crippen LogP contribution in [0.2, 0.25) is 0 Å². The van der Waals surface area contributed by atoms with Crippen molar-refractivity contribution >= 4 is 11.7 Å². The second-order valence-electron chi connectivity index (χ2n) is 4.65. The molecule has 0 aliphatic heterocycles. The van der Waals surface area contributed by atoms with Crippen molar-refractivity contribution in [2.24, 2.45) is 5.73 Å². The highest BCUT2D eigenvalue weighted by atomic mass is 16.5. The van der Waals surface area contributed by atoms with Crippen molar-refractivity contribution in [3.8, 4) is 0 Å². The molecule has 0 unspecified atom stereocenters. The third kappa shape index (κ3) is 4.17. The number of aromatic nitrogens is 2. The summed E-state index contributed by atoms with van der Waals surface area (Å²) in [5, 5.41) is 3.25. The highest BCUT2D eigenvalue weighted by Gasteiger charge is 2.13. The molecule has 3 N–H and O–H groups in total. The van der Waals surface area contributed by atoms with Crippen LogP contribution in [0.1, 0.15) is 30.5 Å². The van der Waals surface area contributed by atoms with Crippen LogP contribution in [0, 0.1) is 0 Å². The normalized spacial score (nSPS) is 14.5. The van der Waals surface area contributed by atoms with Crippen LogP contribution in [0.15, 0.2) is 6.33 Å². The van der Waals surface area contributed by atoms with Crippen molar-refractivity contribution in [1.82, 2.24) is 9.97 Å². The van der Waals surface area contributed by atoms with Crippen molar-refractivity contribution in [3.05, 3.63) is 17.6 Å². The minimum Gasteiger partial charge on any atom is -0.370 e. The highest BCUT2D eigenvalue weighted by Crippen LogP contribution is 2.23. The minimum absolute atomic E-state index is 0.0381. The molecule has 0 radical (unpaired) electrons. The molecule has 1 aliphatic rings. The van der Waals surface area contributed by atoms with Gasteiger partial charge in [-0.05, 0) is 25.7 Å². The fraction of sp³-hybridized carbons (Fsp3) is 0.615. The Morgan fingerprint density at radius 3 is 3.00 bits per heavy atom. The maximum absolute atomic E-state index is 10.5. The third-order valence-corrected chi connectivity index (χ3v) is 3.16. The summed E-state index contributed by atoms with van der Waals surface area (Å²) in [7, 11) is 0. The van der Waals surface area contributed by atoms with Gasteiger partial charge in [-0.25, -0.2) is 9.97 Å². The number of ether oxygens (including phenoxy) is 1. The summed E-state index contributed by atoms with van der Waals surface area (Å²) in [6, 6.07) is 0. The lowest BCUT2D eigenvalue weighted by Gasteiger charge is -2.12. The molecule has 6 heteroatoms. The van der Waals surface area contributed by atoms with Gasteiger partial charge in [-0.15, -0.1) is 0 Å². The van der Waals surface area contributed by atoms with E-state index in [0.717, 1.165) is 24.4 Å². The molecule has 0 spiro atoms. The van der Waals surface area contributed by atoms with Gasteiger partial charge in [0.05, 0.1) is 6.61 Å². The van der Waals surface area contributed by atoms with E-state index in [1.165, 1.54) is 24.8 Å². The maximum Gasteiger partial charge on any atom is 0.243 e. The molecule has 1 aromatic rings. The fourth-order valence-corrected chi connectivity index (χ4v) is 2.26. The van der Waals surface area contributed by atoms with E-state index in [2.05, 4.69) is 15.3 Å². The number of aryl methyl sites for hydroxylation is 1. The molecule has 0 saturated carbocycles. The standard InChI is InChI=1S/C13H20N4O2/c14-12(18)8-19-7-6-15-13-10-4-2-1-3-5-11(10)16-9-17-13/h9H,1-8H2,(H2,14,18)(H,15,16,17). The smallest absolute Gasteiger partial charge is 0.243 e. The number of carbonyl (C=O) groups is 1. The molecule has 0 atom stereocenters. The lowest BCUT2D eigenvalue weighted by atomic mass is 10.1. The molecule has 104 valence electrons. The van der Waals surface area contributed by atoms with E-state index in [4.69, 9.17) is 10.5 Å². The van der Waals surface area contributed by atoms with Crippen molar-refractivity contribution in [1.29, 1.82) is 0 Å². The third-order valence-electron chi connectivity index (χ3n) is 3.16. The summed E-state index contributed by atoms with van der Waals surface area (Å²) >= 11 is 0. The minimum atomic E-state index is -0.448. The largest absolute Gasteiger partial charge is 0.370 e. The van der Waals surface area contributed by atoms with Crippen LogP contribution in [0.3, 0.4) is 0 Å². The first-order valence-electron chi connectivity index (χ1n) is 6.70. The maximum atomic E-state index is 10.5. The van der Waals surface area contributed by atoms with Gasteiger partial charge in [0.1, 0.15) is 18.8 Å². The summed E-state index contributed by atoms with van der Waals surface area (Å²) in [5.74, 6) is 0.450. The predicted octanol–water partition coefficient (Wildman–Crippen LogP) is 0.659. The molecule has 1 amide bonds. The number of fused-ring (bicyclic) bond motifs is 1.